The number of nitrogens with one attached hydrogen (secondary N) is 1. The van der Waals surface area contributed by atoms with Crippen LogP contribution < -0.4 is 10.2 Å². The predicted octanol–water partition coefficient (Wildman–Crippen LogP) is 4.30. The minimum Gasteiger partial charge on any atom is -0.378 e. The van der Waals surface area contributed by atoms with E-state index in [0.29, 0.717) is 6.07 Å². The molecule has 3 nitrogen and oxygen atoms in total. The number of carbonyl (C=O) groups excluding carboxylic acids is 1. The molecule has 0 aliphatic carbocycles. The molecule has 0 bridgehead atoms. The van der Waals surface area contributed by atoms with Crippen molar-refractivity contribution < 1.29 is 26.7 Å². The fourth-order valence-electron chi connectivity index (χ4n) is 2.03. The summed E-state index contributed by atoms with van der Waals surface area (Å²) in [5, 5.41) is 2.04. The fourth-order valence-corrected chi connectivity index (χ4v) is 2.03. The Morgan fingerprint density at radius 2 is 1.58 bits per heavy atom. The van der Waals surface area contributed by atoms with Gasteiger partial charge in [0.1, 0.15) is 11.6 Å². The maximum Gasteiger partial charge on any atom is 0.418 e. The molecule has 128 valence electrons. The molecule has 0 spiro atoms. The summed E-state index contributed by atoms with van der Waals surface area (Å²) in [7, 11) is 3.15. The number of rotatable bonds is 3. The van der Waals surface area contributed by atoms with Crippen molar-refractivity contribution in [2.24, 2.45) is 0 Å². The normalized spacial score (nSPS) is 11.3. The van der Waals surface area contributed by atoms with Gasteiger partial charge in [-0.3, -0.25) is 4.79 Å². The highest BCUT2D eigenvalue weighted by Gasteiger charge is 2.34. The Morgan fingerprint density at radius 1 is 1.00 bits per heavy atom. The Kier molecular flexibility index (Phi) is 4.77. The summed E-state index contributed by atoms with van der Waals surface area (Å²) < 4.78 is 65.8. The summed E-state index contributed by atoms with van der Waals surface area (Å²) in [5.74, 6) is -3.05. The van der Waals surface area contributed by atoms with E-state index < -0.39 is 40.5 Å². The van der Waals surface area contributed by atoms with Crippen LogP contribution in [0.15, 0.2) is 36.4 Å². The molecule has 1 amide bonds. The van der Waals surface area contributed by atoms with E-state index >= 15 is 0 Å². The van der Waals surface area contributed by atoms with Crippen LogP contribution in [0, 0.1) is 11.6 Å². The van der Waals surface area contributed by atoms with Crippen LogP contribution in [-0.2, 0) is 6.18 Å². The summed E-state index contributed by atoms with van der Waals surface area (Å²) in [6, 6.07) is 5.38. The summed E-state index contributed by atoms with van der Waals surface area (Å²) in [5.41, 5.74) is -1.68. The van der Waals surface area contributed by atoms with Gasteiger partial charge in [-0.1, -0.05) is 0 Å². The van der Waals surface area contributed by atoms with Crippen molar-refractivity contribution in [1.29, 1.82) is 0 Å². The molecule has 0 aliphatic rings. The van der Waals surface area contributed by atoms with Crippen LogP contribution >= 0.6 is 0 Å². The Bertz CT molecular complexity index is 751. The van der Waals surface area contributed by atoms with Crippen LogP contribution in [0.5, 0.6) is 0 Å². The molecular weight excluding hydrogens is 331 g/mol. The lowest BCUT2D eigenvalue weighted by Crippen LogP contribution is -2.18. The second kappa shape index (κ2) is 6.46. The number of benzene rings is 2. The topological polar surface area (TPSA) is 32.3 Å². The average Bonchev–Trinajstić information content (AvgIpc) is 2.45. The standard InChI is InChI=1S/C16H13F5N2O/c1-23(2)12-3-4-14(13(8-12)16(19,20)21)22-15(24)9-5-10(17)7-11(18)6-9/h3-8H,1-2H3,(H,22,24). The quantitative estimate of drug-likeness (QED) is 0.842. The highest BCUT2D eigenvalue weighted by Crippen LogP contribution is 2.37. The molecule has 24 heavy (non-hydrogen) atoms. The van der Waals surface area contributed by atoms with Crippen LogP contribution in [0.25, 0.3) is 0 Å². The van der Waals surface area contributed by atoms with Gasteiger partial charge in [-0.05, 0) is 30.3 Å². The van der Waals surface area contributed by atoms with E-state index in [1.165, 1.54) is 11.0 Å². The molecule has 0 aliphatic heterocycles. The summed E-state index contributed by atoms with van der Waals surface area (Å²) in [4.78, 5) is 13.5. The van der Waals surface area contributed by atoms with E-state index in [1.807, 2.05) is 5.32 Å². The smallest absolute Gasteiger partial charge is 0.378 e. The first-order valence-corrected chi connectivity index (χ1v) is 6.74. The Labute approximate surface area is 134 Å². The molecule has 0 aromatic heterocycles. The number of alkyl halides is 3. The van der Waals surface area contributed by atoms with Gasteiger partial charge in [0.25, 0.3) is 5.91 Å². The summed E-state index contributed by atoms with van der Waals surface area (Å²) >= 11 is 0. The lowest BCUT2D eigenvalue weighted by Gasteiger charge is -2.18. The van der Waals surface area contributed by atoms with E-state index in [4.69, 9.17) is 0 Å². The highest BCUT2D eigenvalue weighted by atomic mass is 19.4. The van der Waals surface area contributed by atoms with Crippen LogP contribution in [-0.4, -0.2) is 20.0 Å². The maximum absolute atomic E-state index is 13.2. The number of amides is 1. The zero-order chi connectivity index (χ0) is 18.1. The number of hydrogen-bond donors (Lipinski definition) is 1. The van der Waals surface area contributed by atoms with Crippen molar-refractivity contribution in [3.05, 3.63) is 59.2 Å². The molecule has 0 unspecified atom stereocenters. The van der Waals surface area contributed by atoms with E-state index in [0.717, 1.165) is 24.3 Å². The van der Waals surface area contributed by atoms with E-state index in [1.54, 1.807) is 14.1 Å². The van der Waals surface area contributed by atoms with Gasteiger partial charge in [-0.15, -0.1) is 0 Å². The van der Waals surface area contributed by atoms with Crippen LogP contribution in [0.1, 0.15) is 15.9 Å². The first-order valence-electron chi connectivity index (χ1n) is 6.74. The molecule has 2 rings (SSSR count). The van der Waals surface area contributed by atoms with Gasteiger partial charge in [0.2, 0.25) is 0 Å². The van der Waals surface area contributed by atoms with Gasteiger partial charge < -0.3 is 10.2 Å². The van der Waals surface area contributed by atoms with Gasteiger partial charge in [0.15, 0.2) is 0 Å². The summed E-state index contributed by atoms with van der Waals surface area (Å²) in [6.07, 6.45) is -4.71. The van der Waals surface area contributed by atoms with Crippen molar-refractivity contribution in [2.45, 2.75) is 6.18 Å². The maximum atomic E-state index is 13.2. The van der Waals surface area contributed by atoms with Crippen molar-refractivity contribution >= 4 is 17.3 Å². The lowest BCUT2D eigenvalue weighted by atomic mass is 10.1. The monoisotopic (exact) mass is 344 g/mol. The van der Waals surface area contributed by atoms with Crippen LogP contribution in [0.4, 0.5) is 33.3 Å². The molecule has 2 aromatic carbocycles. The molecule has 0 saturated carbocycles. The third-order valence-corrected chi connectivity index (χ3v) is 3.20. The molecule has 1 N–H and O–H groups in total. The Hall–Kier alpha value is -2.64. The van der Waals surface area contributed by atoms with Crippen LogP contribution in [0.2, 0.25) is 0 Å². The van der Waals surface area contributed by atoms with Crippen molar-refractivity contribution in [3.63, 3.8) is 0 Å². The first-order chi connectivity index (χ1) is 11.1. The number of anilines is 2. The Morgan fingerprint density at radius 3 is 2.08 bits per heavy atom. The molecule has 8 heteroatoms. The molecule has 0 fully saturated rings. The fraction of sp³-hybridized carbons (Fsp3) is 0.188. The van der Waals surface area contributed by atoms with E-state index in [-0.39, 0.29) is 5.69 Å². The number of halogens is 5. The van der Waals surface area contributed by atoms with Gasteiger partial charge in [0.05, 0.1) is 11.3 Å². The first kappa shape index (κ1) is 17.7. The van der Waals surface area contributed by atoms with Crippen LogP contribution in [0.3, 0.4) is 0 Å². The average molecular weight is 344 g/mol. The molecular formula is C16H13F5N2O. The molecule has 2 aromatic rings. The Balaban J connectivity index is 2.39. The lowest BCUT2D eigenvalue weighted by molar-refractivity contribution is -0.136. The molecule has 0 radical (unpaired) electrons. The second-order valence-corrected chi connectivity index (χ2v) is 5.23. The van der Waals surface area contributed by atoms with Crippen molar-refractivity contribution in [2.75, 3.05) is 24.3 Å². The van der Waals surface area contributed by atoms with E-state index in [2.05, 4.69) is 0 Å². The highest BCUT2D eigenvalue weighted by molar-refractivity contribution is 6.04. The van der Waals surface area contributed by atoms with Gasteiger partial charge in [-0.25, -0.2) is 8.78 Å². The molecule has 0 atom stereocenters. The van der Waals surface area contributed by atoms with Crippen molar-refractivity contribution in [3.8, 4) is 0 Å². The number of nitrogens with zero attached hydrogens (tertiary/aromatic N) is 1. The SMILES string of the molecule is CN(C)c1ccc(NC(=O)c2cc(F)cc(F)c2)c(C(F)(F)F)c1. The minimum absolute atomic E-state index is 0.289. The largest absolute Gasteiger partial charge is 0.418 e. The second-order valence-electron chi connectivity index (χ2n) is 5.23. The van der Waals surface area contributed by atoms with E-state index in [9.17, 15) is 26.7 Å². The molecule has 0 saturated heterocycles. The molecule has 0 heterocycles. The number of hydrogen-bond acceptors (Lipinski definition) is 2. The zero-order valence-corrected chi connectivity index (χ0v) is 12.7. The summed E-state index contributed by atoms with van der Waals surface area (Å²) in [6.45, 7) is 0. The third kappa shape index (κ3) is 4.01. The number of carbonyl (C=O) groups is 1. The predicted molar refractivity (Wildman–Crippen MR) is 80.1 cm³/mol. The van der Waals surface area contributed by atoms with Gasteiger partial charge in [-0.2, -0.15) is 13.2 Å². The van der Waals surface area contributed by atoms with Gasteiger partial charge >= 0.3 is 6.18 Å². The zero-order valence-electron chi connectivity index (χ0n) is 12.7. The third-order valence-electron chi connectivity index (χ3n) is 3.20. The van der Waals surface area contributed by atoms with Gasteiger partial charge in [0, 0.05) is 31.4 Å². The minimum atomic E-state index is -4.71. The van der Waals surface area contributed by atoms with Crippen molar-refractivity contribution in [1.82, 2.24) is 0 Å².